The van der Waals surface area contributed by atoms with E-state index in [1.165, 1.54) is 18.7 Å². The fourth-order valence-electron chi connectivity index (χ4n) is 0.511. The Morgan fingerprint density at radius 3 is 2.15 bits per heavy atom. The second kappa shape index (κ2) is 5.95. The van der Waals surface area contributed by atoms with E-state index in [1.54, 1.807) is 0 Å². The largest absolute Gasteiger partial charge is 0.480 e. The maximum absolute atomic E-state index is 10.7. The molecule has 0 saturated carbocycles. The average Bonchev–Trinajstić information content (AvgIpc) is 2.03. The fourth-order valence-corrected chi connectivity index (χ4v) is 1.53. The molecule has 6 heteroatoms. The van der Waals surface area contributed by atoms with Crippen LogP contribution in [0, 0.1) is 0 Å². The van der Waals surface area contributed by atoms with Crippen LogP contribution in [0.1, 0.15) is 6.92 Å². The minimum atomic E-state index is -1.04. The number of carboxylic acid groups (broad SMARTS) is 1. The molecule has 0 aromatic rings. The molecule has 0 spiro atoms. The molecule has 0 radical (unpaired) electrons. The molecule has 13 heavy (non-hydrogen) atoms. The first-order valence-corrected chi connectivity index (χ1v) is 4.92. The van der Waals surface area contributed by atoms with E-state index in [-0.39, 0.29) is 11.5 Å². The number of carbonyl (C=O) groups excluding carboxylic acids is 1. The van der Waals surface area contributed by atoms with Crippen molar-refractivity contribution in [3.8, 4) is 0 Å². The topological polar surface area (TPSA) is 106 Å². The zero-order chi connectivity index (χ0) is 10.4. The SMILES string of the molecule is CC(=O)[C@H](N)CSC[C@H](N)C(=O)O. The highest BCUT2D eigenvalue weighted by molar-refractivity contribution is 7.99. The molecule has 5 N–H and O–H groups in total. The zero-order valence-electron chi connectivity index (χ0n) is 7.40. The van der Waals surface area contributed by atoms with Crippen molar-refractivity contribution in [2.75, 3.05) is 11.5 Å². The number of carbonyl (C=O) groups is 2. The number of hydrogen-bond acceptors (Lipinski definition) is 5. The lowest BCUT2D eigenvalue weighted by molar-refractivity contribution is -0.137. The molecule has 0 aliphatic rings. The van der Waals surface area contributed by atoms with Crippen LogP contribution in [0.5, 0.6) is 0 Å². The molecule has 0 saturated heterocycles. The highest BCUT2D eigenvalue weighted by Crippen LogP contribution is 2.03. The lowest BCUT2D eigenvalue weighted by Crippen LogP contribution is -2.35. The van der Waals surface area contributed by atoms with Gasteiger partial charge in [0.05, 0.1) is 6.04 Å². The first kappa shape index (κ1) is 12.4. The van der Waals surface area contributed by atoms with Gasteiger partial charge in [0, 0.05) is 11.5 Å². The summed E-state index contributed by atoms with van der Waals surface area (Å²) in [4.78, 5) is 20.9. The van der Waals surface area contributed by atoms with Crippen LogP contribution in [0.4, 0.5) is 0 Å². The van der Waals surface area contributed by atoms with Crippen molar-refractivity contribution in [1.29, 1.82) is 0 Å². The lowest BCUT2D eigenvalue weighted by atomic mass is 10.3. The van der Waals surface area contributed by atoms with Crippen LogP contribution in [0.25, 0.3) is 0 Å². The number of thioether (sulfide) groups is 1. The van der Waals surface area contributed by atoms with E-state index >= 15 is 0 Å². The van der Waals surface area contributed by atoms with Crippen molar-refractivity contribution in [2.45, 2.75) is 19.0 Å². The Labute approximate surface area is 80.8 Å². The number of hydrogen-bond donors (Lipinski definition) is 3. The quantitative estimate of drug-likeness (QED) is 0.517. The summed E-state index contributed by atoms with van der Waals surface area (Å²) in [7, 11) is 0. The standard InChI is InChI=1S/C7H14N2O3S/c1-4(10)5(8)2-13-3-6(9)7(11)12/h5-6H,2-3,8-9H2,1H3,(H,11,12)/t5-,6+/m1/s1. The van der Waals surface area contributed by atoms with Gasteiger partial charge >= 0.3 is 5.97 Å². The highest BCUT2D eigenvalue weighted by Gasteiger charge is 2.13. The van der Waals surface area contributed by atoms with Gasteiger partial charge < -0.3 is 16.6 Å². The van der Waals surface area contributed by atoms with Crippen LogP contribution in [0.3, 0.4) is 0 Å². The summed E-state index contributed by atoms with van der Waals surface area (Å²) in [5.74, 6) is -0.451. The normalized spacial score (nSPS) is 15.0. The van der Waals surface area contributed by atoms with Crippen molar-refractivity contribution >= 4 is 23.5 Å². The average molecular weight is 206 g/mol. The minimum Gasteiger partial charge on any atom is -0.480 e. The first-order chi connectivity index (χ1) is 5.95. The first-order valence-electron chi connectivity index (χ1n) is 3.77. The number of nitrogens with two attached hydrogens (primary N) is 2. The van der Waals surface area contributed by atoms with Crippen molar-refractivity contribution in [2.24, 2.45) is 11.5 Å². The van der Waals surface area contributed by atoms with Crippen molar-refractivity contribution in [3.05, 3.63) is 0 Å². The summed E-state index contributed by atoms with van der Waals surface area (Å²) in [5.41, 5.74) is 10.7. The molecule has 0 aliphatic carbocycles. The van der Waals surface area contributed by atoms with E-state index in [4.69, 9.17) is 16.6 Å². The second-order valence-electron chi connectivity index (χ2n) is 2.70. The number of rotatable bonds is 6. The summed E-state index contributed by atoms with van der Waals surface area (Å²) < 4.78 is 0. The van der Waals surface area contributed by atoms with Crippen LogP contribution in [-0.2, 0) is 9.59 Å². The summed E-state index contributed by atoms with van der Waals surface area (Å²) in [6, 6.07) is -1.41. The molecule has 5 nitrogen and oxygen atoms in total. The number of aliphatic carboxylic acids is 1. The van der Waals surface area contributed by atoms with Crippen molar-refractivity contribution in [1.82, 2.24) is 0 Å². The third-order valence-corrected chi connectivity index (χ3v) is 2.62. The fraction of sp³-hybridized carbons (Fsp3) is 0.714. The van der Waals surface area contributed by atoms with Gasteiger partial charge in [0.15, 0.2) is 0 Å². The van der Waals surface area contributed by atoms with Gasteiger partial charge in [-0.3, -0.25) is 9.59 Å². The molecule has 0 aromatic carbocycles. The van der Waals surface area contributed by atoms with E-state index in [9.17, 15) is 9.59 Å². The maximum atomic E-state index is 10.7. The van der Waals surface area contributed by atoms with Gasteiger partial charge in [-0.1, -0.05) is 0 Å². The second-order valence-corrected chi connectivity index (χ2v) is 3.77. The summed E-state index contributed by atoms with van der Waals surface area (Å²) in [5, 5.41) is 8.42. The number of Topliss-reactive ketones (excluding diaryl/α,β-unsaturated/α-hetero) is 1. The smallest absolute Gasteiger partial charge is 0.321 e. The van der Waals surface area contributed by atoms with Gasteiger partial charge in [0.1, 0.15) is 11.8 Å². The summed E-state index contributed by atoms with van der Waals surface area (Å²) in [6.07, 6.45) is 0. The molecule has 0 rings (SSSR count). The number of carboxylic acids is 1. The molecule has 2 atom stereocenters. The Bertz CT molecular complexity index is 178. The highest BCUT2D eigenvalue weighted by atomic mass is 32.2. The van der Waals surface area contributed by atoms with Gasteiger partial charge in [-0.05, 0) is 6.92 Å². The van der Waals surface area contributed by atoms with Gasteiger partial charge in [0.25, 0.3) is 0 Å². The van der Waals surface area contributed by atoms with Gasteiger partial charge in [0.2, 0.25) is 0 Å². The molecular formula is C7H14N2O3S. The molecule has 76 valence electrons. The van der Waals surface area contributed by atoms with E-state index in [0.29, 0.717) is 5.75 Å². The van der Waals surface area contributed by atoms with Crippen LogP contribution in [0.2, 0.25) is 0 Å². The Kier molecular flexibility index (Phi) is 5.68. The van der Waals surface area contributed by atoms with Gasteiger partial charge in [-0.2, -0.15) is 11.8 Å². The third kappa shape index (κ3) is 5.62. The molecule has 0 unspecified atom stereocenters. The molecule has 0 amide bonds. The van der Waals surface area contributed by atoms with Crippen LogP contribution in [0.15, 0.2) is 0 Å². The van der Waals surface area contributed by atoms with E-state index in [2.05, 4.69) is 0 Å². The van der Waals surface area contributed by atoms with E-state index in [1.807, 2.05) is 0 Å². The summed E-state index contributed by atoms with van der Waals surface area (Å²) in [6.45, 7) is 1.41. The van der Waals surface area contributed by atoms with Gasteiger partial charge in [-0.15, -0.1) is 0 Å². The van der Waals surface area contributed by atoms with Crippen molar-refractivity contribution in [3.63, 3.8) is 0 Å². The van der Waals surface area contributed by atoms with E-state index < -0.39 is 18.1 Å². The summed E-state index contributed by atoms with van der Waals surface area (Å²) >= 11 is 1.27. The Hall–Kier alpha value is -0.590. The Morgan fingerprint density at radius 1 is 1.31 bits per heavy atom. The molecule has 0 aromatic heterocycles. The van der Waals surface area contributed by atoms with Gasteiger partial charge in [-0.25, -0.2) is 0 Å². The molecular weight excluding hydrogens is 192 g/mol. The molecule has 0 fully saturated rings. The Morgan fingerprint density at radius 2 is 1.77 bits per heavy atom. The van der Waals surface area contributed by atoms with Crippen LogP contribution >= 0.6 is 11.8 Å². The Balaban J connectivity index is 3.56. The van der Waals surface area contributed by atoms with Crippen LogP contribution in [-0.4, -0.2) is 40.4 Å². The molecule has 0 aliphatic heterocycles. The molecule has 0 bridgehead atoms. The number of ketones is 1. The zero-order valence-corrected chi connectivity index (χ0v) is 8.21. The third-order valence-electron chi connectivity index (χ3n) is 1.43. The van der Waals surface area contributed by atoms with Crippen molar-refractivity contribution < 1.29 is 14.7 Å². The monoisotopic (exact) mass is 206 g/mol. The predicted octanol–water partition coefficient (Wildman–Crippen LogP) is -0.952. The van der Waals surface area contributed by atoms with Crippen LogP contribution < -0.4 is 11.5 Å². The minimum absolute atomic E-state index is 0.101. The lowest BCUT2D eigenvalue weighted by Gasteiger charge is -2.08. The van der Waals surface area contributed by atoms with E-state index in [0.717, 1.165) is 0 Å². The predicted molar refractivity (Wildman–Crippen MR) is 51.6 cm³/mol. The maximum Gasteiger partial charge on any atom is 0.321 e. The molecule has 0 heterocycles.